The predicted octanol–water partition coefficient (Wildman–Crippen LogP) is 6.43. The number of nitrogens with zero attached hydrogens (tertiary/aromatic N) is 4. The van der Waals surface area contributed by atoms with Crippen molar-refractivity contribution in [3.63, 3.8) is 0 Å². The third kappa shape index (κ3) is 4.68. The van der Waals surface area contributed by atoms with E-state index in [1.54, 1.807) is 10.9 Å². The fourth-order valence-electron chi connectivity index (χ4n) is 4.64. The molecular formula is C30H28N6O. The minimum Gasteiger partial charge on any atom is -0.379 e. The average Bonchev–Trinajstić information content (AvgIpc) is 3.73. The molecule has 7 nitrogen and oxygen atoms in total. The molecule has 2 N–H and O–H groups in total. The minimum absolute atomic E-state index is 0.170. The number of hydrogen-bond donors (Lipinski definition) is 2. The van der Waals surface area contributed by atoms with Gasteiger partial charge in [0.15, 0.2) is 11.5 Å². The number of aromatic nitrogens is 4. The molecule has 3 heterocycles. The van der Waals surface area contributed by atoms with Gasteiger partial charge in [0.05, 0.1) is 16.6 Å². The number of rotatable bonds is 7. The van der Waals surface area contributed by atoms with Gasteiger partial charge in [-0.15, -0.1) is 0 Å². The highest BCUT2D eigenvalue weighted by Crippen LogP contribution is 2.40. The largest absolute Gasteiger partial charge is 0.379 e. The first-order valence-corrected chi connectivity index (χ1v) is 12.6. The second-order valence-corrected chi connectivity index (χ2v) is 9.56. The van der Waals surface area contributed by atoms with E-state index in [1.165, 1.54) is 5.56 Å². The van der Waals surface area contributed by atoms with E-state index in [9.17, 15) is 4.79 Å². The van der Waals surface area contributed by atoms with Gasteiger partial charge in [-0.05, 0) is 74.7 Å². The summed E-state index contributed by atoms with van der Waals surface area (Å²) in [4.78, 5) is 22.9. The summed E-state index contributed by atoms with van der Waals surface area (Å²) in [6.07, 6.45) is 3.91. The highest BCUT2D eigenvalue weighted by molar-refractivity contribution is 6.12. The fourth-order valence-corrected chi connectivity index (χ4v) is 4.64. The maximum absolute atomic E-state index is 13.6. The molecule has 1 fully saturated rings. The van der Waals surface area contributed by atoms with Crippen LogP contribution in [0.1, 0.15) is 59.0 Å². The molecule has 0 bridgehead atoms. The molecule has 6 rings (SSSR count). The molecule has 1 amide bonds. The van der Waals surface area contributed by atoms with Crippen molar-refractivity contribution < 1.29 is 4.79 Å². The van der Waals surface area contributed by atoms with Crippen molar-refractivity contribution in [3.05, 3.63) is 108 Å². The van der Waals surface area contributed by atoms with Crippen molar-refractivity contribution in [3.8, 4) is 5.82 Å². The zero-order valence-electron chi connectivity index (χ0n) is 20.8. The summed E-state index contributed by atoms with van der Waals surface area (Å²) in [7, 11) is 0. The van der Waals surface area contributed by atoms with Gasteiger partial charge in [-0.25, -0.2) is 9.97 Å². The number of pyridine rings is 2. The summed E-state index contributed by atoms with van der Waals surface area (Å²) in [5.41, 5.74) is 5.88. The third-order valence-corrected chi connectivity index (χ3v) is 6.76. The van der Waals surface area contributed by atoms with Crippen LogP contribution < -0.4 is 10.6 Å². The van der Waals surface area contributed by atoms with Crippen molar-refractivity contribution in [2.75, 3.05) is 10.6 Å². The Morgan fingerprint density at radius 2 is 1.70 bits per heavy atom. The van der Waals surface area contributed by atoms with Gasteiger partial charge < -0.3 is 10.6 Å². The standard InChI is InChI=1S/C30H28N6O/c1-19(21-8-4-3-5-9-21)32-23-13-15-24(16-14-23)33-30(37)25-18-26(22-11-12-22)34-29-28(25)20(2)35-36(29)27-10-6-7-17-31-27/h3-10,13-19,22,32H,11-12H2,1-2H3,(H,33,37). The van der Waals surface area contributed by atoms with Crippen molar-refractivity contribution in [2.24, 2.45) is 0 Å². The highest BCUT2D eigenvalue weighted by atomic mass is 16.1. The van der Waals surface area contributed by atoms with E-state index < -0.39 is 0 Å². The van der Waals surface area contributed by atoms with Crippen LogP contribution in [0.3, 0.4) is 0 Å². The van der Waals surface area contributed by atoms with Crippen LogP contribution in [0.4, 0.5) is 11.4 Å². The van der Waals surface area contributed by atoms with Crippen LogP contribution in [-0.2, 0) is 0 Å². The summed E-state index contributed by atoms with van der Waals surface area (Å²) in [6, 6.07) is 25.9. The number of hydrogen-bond acceptors (Lipinski definition) is 5. The molecule has 0 aliphatic heterocycles. The summed E-state index contributed by atoms with van der Waals surface area (Å²) >= 11 is 0. The van der Waals surface area contributed by atoms with Gasteiger partial charge in [0.1, 0.15) is 0 Å². The zero-order chi connectivity index (χ0) is 25.4. The smallest absolute Gasteiger partial charge is 0.256 e. The monoisotopic (exact) mass is 488 g/mol. The number of amides is 1. The van der Waals surface area contributed by atoms with Crippen molar-refractivity contribution >= 4 is 28.3 Å². The van der Waals surface area contributed by atoms with Crippen LogP contribution in [0, 0.1) is 6.92 Å². The first-order chi connectivity index (χ1) is 18.1. The molecule has 1 unspecified atom stereocenters. The van der Waals surface area contributed by atoms with Gasteiger partial charge >= 0.3 is 0 Å². The van der Waals surface area contributed by atoms with Crippen LogP contribution in [0.15, 0.2) is 85.1 Å². The molecule has 5 aromatic rings. The molecule has 184 valence electrons. The Morgan fingerprint density at radius 3 is 2.41 bits per heavy atom. The van der Waals surface area contributed by atoms with Crippen LogP contribution in [-0.4, -0.2) is 25.7 Å². The third-order valence-electron chi connectivity index (χ3n) is 6.76. The maximum Gasteiger partial charge on any atom is 0.256 e. The molecule has 37 heavy (non-hydrogen) atoms. The van der Waals surface area contributed by atoms with E-state index in [0.717, 1.165) is 41.0 Å². The quantitative estimate of drug-likeness (QED) is 0.276. The summed E-state index contributed by atoms with van der Waals surface area (Å²) in [6.45, 7) is 4.04. The molecule has 1 aliphatic rings. The predicted molar refractivity (Wildman–Crippen MR) is 146 cm³/mol. The van der Waals surface area contributed by atoms with E-state index in [1.807, 2.05) is 73.7 Å². The molecule has 1 saturated carbocycles. The Balaban J connectivity index is 1.28. The van der Waals surface area contributed by atoms with Gasteiger partial charge in [0.2, 0.25) is 0 Å². The topological polar surface area (TPSA) is 84.7 Å². The Labute approximate surface area is 215 Å². The normalized spacial score (nSPS) is 13.9. The van der Waals surface area contributed by atoms with E-state index in [4.69, 9.17) is 10.1 Å². The number of benzene rings is 2. The fraction of sp³-hybridized carbons (Fsp3) is 0.200. The van der Waals surface area contributed by atoms with E-state index in [2.05, 4.69) is 34.7 Å². The molecule has 0 saturated heterocycles. The summed E-state index contributed by atoms with van der Waals surface area (Å²) in [5, 5.41) is 12.0. The molecule has 0 radical (unpaired) electrons. The maximum atomic E-state index is 13.6. The van der Waals surface area contributed by atoms with Gasteiger partial charge in [-0.3, -0.25) is 4.79 Å². The molecule has 1 aliphatic carbocycles. The van der Waals surface area contributed by atoms with E-state index in [-0.39, 0.29) is 11.9 Å². The van der Waals surface area contributed by atoms with Crippen LogP contribution in [0.2, 0.25) is 0 Å². The number of carbonyl (C=O) groups excluding carboxylic acids is 1. The van der Waals surface area contributed by atoms with Gasteiger partial charge in [-0.1, -0.05) is 36.4 Å². The molecule has 1 atom stereocenters. The highest BCUT2D eigenvalue weighted by Gasteiger charge is 2.29. The second-order valence-electron chi connectivity index (χ2n) is 9.56. The second kappa shape index (κ2) is 9.50. The molecule has 3 aromatic heterocycles. The first-order valence-electron chi connectivity index (χ1n) is 12.6. The Kier molecular flexibility index (Phi) is 5.88. The lowest BCUT2D eigenvalue weighted by Gasteiger charge is -2.16. The summed E-state index contributed by atoms with van der Waals surface area (Å²) in [5.74, 6) is 0.900. The lowest BCUT2D eigenvalue weighted by Crippen LogP contribution is -2.14. The van der Waals surface area contributed by atoms with Crippen LogP contribution in [0.25, 0.3) is 16.9 Å². The molecule has 7 heteroatoms. The van der Waals surface area contributed by atoms with Gasteiger partial charge in [0.25, 0.3) is 5.91 Å². The molecule has 2 aromatic carbocycles. The van der Waals surface area contributed by atoms with E-state index >= 15 is 0 Å². The van der Waals surface area contributed by atoms with Crippen LogP contribution in [0.5, 0.6) is 0 Å². The lowest BCUT2D eigenvalue weighted by atomic mass is 10.1. The summed E-state index contributed by atoms with van der Waals surface area (Å²) < 4.78 is 1.74. The molecular weight excluding hydrogens is 460 g/mol. The minimum atomic E-state index is -0.170. The van der Waals surface area contributed by atoms with Gasteiger partial charge in [0, 0.05) is 35.2 Å². The average molecular weight is 489 g/mol. The van der Waals surface area contributed by atoms with Crippen molar-refractivity contribution in [2.45, 2.75) is 38.6 Å². The lowest BCUT2D eigenvalue weighted by molar-refractivity contribution is 0.102. The first kappa shape index (κ1) is 22.9. The number of anilines is 2. The number of nitrogens with one attached hydrogen (secondary N) is 2. The zero-order valence-corrected chi connectivity index (χ0v) is 20.8. The van der Waals surface area contributed by atoms with Crippen molar-refractivity contribution in [1.82, 2.24) is 19.7 Å². The Morgan fingerprint density at radius 1 is 0.973 bits per heavy atom. The number of fused-ring (bicyclic) bond motifs is 1. The SMILES string of the molecule is Cc1nn(-c2ccccn2)c2nc(C3CC3)cc(C(=O)Nc3ccc(NC(C)c4ccccc4)cc3)c12. The van der Waals surface area contributed by atoms with Crippen LogP contribution >= 0.6 is 0 Å². The molecule has 0 spiro atoms. The van der Waals surface area contributed by atoms with Gasteiger partial charge in [-0.2, -0.15) is 9.78 Å². The van der Waals surface area contributed by atoms with E-state index in [0.29, 0.717) is 22.9 Å². The Bertz CT molecular complexity index is 1560. The Hall–Kier alpha value is -4.52. The van der Waals surface area contributed by atoms with Crippen molar-refractivity contribution in [1.29, 1.82) is 0 Å². The number of aryl methyl sites for hydroxylation is 1. The number of carbonyl (C=O) groups is 1.